The first kappa shape index (κ1) is 21.4. The summed E-state index contributed by atoms with van der Waals surface area (Å²) in [6, 6.07) is 1.63. The van der Waals surface area contributed by atoms with E-state index in [4.69, 9.17) is 4.42 Å². The van der Waals surface area contributed by atoms with Crippen molar-refractivity contribution >= 4 is 0 Å². The van der Waals surface area contributed by atoms with Crippen LogP contribution in [0.5, 0.6) is 5.75 Å². The maximum atomic E-state index is 12.9. The van der Waals surface area contributed by atoms with E-state index < -0.39 is 11.7 Å². The Balaban J connectivity index is 1.86. The number of aliphatic hydroxyl groups excluding tert-OH is 1. The second kappa shape index (κ2) is 9.96. The maximum Gasteiger partial charge on any atom is 0.343 e. The highest BCUT2D eigenvalue weighted by Gasteiger charge is 2.33. The molecule has 2 N–H and O–H groups in total. The maximum absolute atomic E-state index is 12.9. The van der Waals surface area contributed by atoms with Gasteiger partial charge in [-0.3, -0.25) is 0 Å². The first-order valence-corrected chi connectivity index (χ1v) is 11.6. The Morgan fingerprint density at radius 2 is 1.54 bits per heavy atom. The molecule has 2 fully saturated rings. The van der Waals surface area contributed by atoms with Gasteiger partial charge in [0.2, 0.25) is 0 Å². The quantitative estimate of drug-likeness (QED) is 0.612. The van der Waals surface area contributed by atoms with E-state index in [9.17, 15) is 15.0 Å². The third-order valence-corrected chi connectivity index (χ3v) is 7.37. The molecule has 0 aromatic carbocycles. The molecule has 2 aliphatic carbocycles. The Hall–Kier alpha value is -1.29. The fraction of sp³-hybridized carbons (Fsp3) is 0.792. The topological polar surface area (TPSA) is 70.7 Å². The molecule has 3 rings (SSSR count). The van der Waals surface area contributed by atoms with Gasteiger partial charge in [0.1, 0.15) is 11.5 Å². The van der Waals surface area contributed by atoms with Gasteiger partial charge in [0.15, 0.2) is 0 Å². The lowest BCUT2D eigenvalue weighted by Gasteiger charge is -2.32. The van der Waals surface area contributed by atoms with Gasteiger partial charge in [0, 0.05) is 12.0 Å². The minimum atomic E-state index is -0.515. The first-order chi connectivity index (χ1) is 13.6. The first-order valence-electron chi connectivity index (χ1n) is 11.6. The van der Waals surface area contributed by atoms with E-state index in [0.29, 0.717) is 23.7 Å². The van der Waals surface area contributed by atoms with Crippen molar-refractivity contribution in [2.45, 2.75) is 109 Å². The number of hydrogen-bond donors (Lipinski definition) is 2. The lowest BCUT2D eigenvalue weighted by molar-refractivity contribution is 0.0513. The molecule has 0 amide bonds. The third-order valence-electron chi connectivity index (χ3n) is 7.37. The van der Waals surface area contributed by atoms with E-state index in [2.05, 4.69) is 6.92 Å². The molecule has 4 nitrogen and oxygen atoms in total. The van der Waals surface area contributed by atoms with E-state index in [0.717, 1.165) is 44.9 Å². The Morgan fingerprint density at radius 3 is 2.04 bits per heavy atom. The van der Waals surface area contributed by atoms with Crippen LogP contribution in [0.1, 0.15) is 114 Å². The highest BCUT2D eigenvalue weighted by atomic mass is 16.4. The van der Waals surface area contributed by atoms with Crippen LogP contribution < -0.4 is 5.63 Å². The standard InChI is InChI=1S/C24H38O4/c1-3-18(16-11-7-5-8-12-16)22-20(25)15-21(28-24(22)27)19(4-2)23(26)17-13-9-6-10-14-17/h15-19,23,25-26H,3-14H2,1-2H3/t18?,19-,23?/m0/s1. The number of aliphatic hydroxyl groups is 1. The summed E-state index contributed by atoms with van der Waals surface area (Å²) in [4.78, 5) is 12.9. The van der Waals surface area contributed by atoms with Crippen molar-refractivity contribution in [2.24, 2.45) is 11.8 Å². The zero-order valence-corrected chi connectivity index (χ0v) is 17.7. The van der Waals surface area contributed by atoms with Crippen LogP contribution in [0.4, 0.5) is 0 Å². The van der Waals surface area contributed by atoms with Crippen molar-refractivity contribution in [2.75, 3.05) is 0 Å². The monoisotopic (exact) mass is 390 g/mol. The molecular weight excluding hydrogens is 352 g/mol. The molecule has 4 heteroatoms. The van der Waals surface area contributed by atoms with Gasteiger partial charge in [-0.1, -0.05) is 52.4 Å². The van der Waals surface area contributed by atoms with Crippen molar-refractivity contribution in [1.82, 2.24) is 0 Å². The van der Waals surface area contributed by atoms with E-state index in [1.165, 1.54) is 25.7 Å². The van der Waals surface area contributed by atoms with Crippen molar-refractivity contribution in [3.05, 3.63) is 27.8 Å². The van der Waals surface area contributed by atoms with Gasteiger partial charge in [0.05, 0.1) is 11.7 Å². The normalized spacial score (nSPS) is 22.7. The third kappa shape index (κ3) is 4.64. The molecule has 158 valence electrons. The molecule has 0 spiro atoms. The van der Waals surface area contributed by atoms with Gasteiger partial charge in [-0.2, -0.15) is 0 Å². The molecule has 0 radical (unpaired) electrons. The van der Waals surface area contributed by atoms with Crippen LogP contribution in [0.3, 0.4) is 0 Å². The molecule has 0 aliphatic heterocycles. The summed E-state index contributed by atoms with van der Waals surface area (Å²) < 4.78 is 5.75. The summed E-state index contributed by atoms with van der Waals surface area (Å²) in [6.45, 7) is 4.10. The van der Waals surface area contributed by atoms with Crippen LogP contribution in [-0.4, -0.2) is 16.3 Å². The van der Waals surface area contributed by atoms with Crippen molar-refractivity contribution in [3.63, 3.8) is 0 Å². The fourth-order valence-corrected chi connectivity index (χ4v) is 5.76. The molecule has 1 aromatic heterocycles. The van der Waals surface area contributed by atoms with Crippen LogP contribution in [0, 0.1) is 11.8 Å². The molecule has 1 heterocycles. The van der Waals surface area contributed by atoms with Gasteiger partial charge in [-0.25, -0.2) is 4.79 Å². The smallest absolute Gasteiger partial charge is 0.343 e. The lowest BCUT2D eigenvalue weighted by Crippen LogP contribution is -2.30. The summed E-state index contributed by atoms with van der Waals surface area (Å²) in [5, 5.41) is 21.8. The van der Waals surface area contributed by atoms with E-state index in [1.54, 1.807) is 6.07 Å². The predicted molar refractivity (Wildman–Crippen MR) is 112 cm³/mol. The van der Waals surface area contributed by atoms with Crippen LogP contribution >= 0.6 is 0 Å². The summed E-state index contributed by atoms with van der Waals surface area (Å²) in [5.41, 5.74) is 0.0573. The van der Waals surface area contributed by atoms with E-state index >= 15 is 0 Å². The average Bonchev–Trinajstić information content (AvgIpc) is 2.72. The van der Waals surface area contributed by atoms with Crippen molar-refractivity contribution in [3.8, 4) is 5.75 Å². The number of hydrogen-bond acceptors (Lipinski definition) is 4. The summed E-state index contributed by atoms with van der Waals surface area (Å²) in [5.74, 6) is 1.06. The van der Waals surface area contributed by atoms with E-state index in [1.807, 2.05) is 6.92 Å². The second-order valence-corrected chi connectivity index (χ2v) is 9.05. The van der Waals surface area contributed by atoms with Gasteiger partial charge < -0.3 is 14.6 Å². The van der Waals surface area contributed by atoms with Crippen LogP contribution in [-0.2, 0) is 0 Å². The van der Waals surface area contributed by atoms with Crippen LogP contribution in [0.15, 0.2) is 15.3 Å². The minimum absolute atomic E-state index is 0.0638. The summed E-state index contributed by atoms with van der Waals surface area (Å²) in [6.07, 6.45) is 12.6. The fourth-order valence-electron chi connectivity index (χ4n) is 5.76. The Kier molecular flexibility index (Phi) is 7.62. The van der Waals surface area contributed by atoms with E-state index in [-0.39, 0.29) is 23.5 Å². The Bertz CT molecular complexity index is 668. The number of rotatable bonds is 7. The Labute approximate surface area is 169 Å². The average molecular weight is 391 g/mol. The largest absolute Gasteiger partial charge is 0.507 e. The molecule has 2 aliphatic rings. The highest BCUT2D eigenvalue weighted by molar-refractivity contribution is 5.35. The zero-order valence-electron chi connectivity index (χ0n) is 17.7. The minimum Gasteiger partial charge on any atom is -0.507 e. The zero-order chi connectivity index (χ0) is 20.1. The van der Waals surface area contributed by atoms with Gasteiger partial charge >= 0.3 is 5.63 Å². The van der Waals surface area contributed by atoms with Crippen molar-refractivity contribution in [1.29, 1.82) is 0 Å². The Morgan fingerprint density at radius 1 is 0.964 bits per heavy atom. The summed E-state index contributed by atoms with van der Waals surface area (Å²) in [7, 11) is 0. The lowest BCUT2D eigenvalue weighted by atomic mass is 9.75. The van der Waals surface area contributed by atoms with Gasteiger partial charge in [-0.15, -0.1) is 0 Å². The highest BCUT2D eigenvalue weighted by Crippen LogP contribution is 2.41. The molecule has 2 unspecified atom stereocenters. The molecule has 0 saturated heterocycles. The number of aromatic hydroxyl groups is 1. The molecular formula is C24H38O4. The van der Waals surface area contributed by atoms with Crippen LogP contribution in [0.25, 0.3) is 0 Å². The van der Waals surface area contributed by atoms with Crippen LogP contribution in [0.2, 0.25) is 0 Å². The second-order valence-electron chi connectivity index (χ2n) is 9.05. The molecule has 1 aromatic rings. The molecule has 28 heavy (non-hydrogen) atoms. The van der Waals surface area contributed by atoms with Gasteiger partial charge in [-0.05, 0) is 56.3 Å². The van der Waals surface area contributed by atoms with Crippen molar-refractivity contribution < 1.29 is 14.6 Å². The SMILES string of the molecule is CCC(c1c(O)cc([C@H](CC)C(O)C2CCCCC2)oc1=O)C1CCCCC1. The molecule has 3 atom stereocenters. The van der Waals surface area contributed by atoms with Gasteiger partial charge in [0.25, 0.3) is 0 Å². The summed E-state index contributed by atoms with van der Waals surface area (Å²) >= 11 is 0. The molecule has 2 saturated carbocycles. The predicted octanol–water partition coefficient (Wildman–Crippen LogP) is 5.85. The molecule has 0 bridgehead atoms.